The predicted octanol–water partition coefficient (Wildman–Crippen LogP) is 0.172. The van der Waals surface area contributed by atoms with E-state index in [1.807, 2.05) is 0 Å². The molecule has 1 fully saturated rings. The van der Waals surface area contributed by atoms with Crippen LogP contribution in [0.4, 0.5) is 0 Å². The number of thiophene rings is 1. The van der Waals surface area contributed by atoms with E-state index in [9.17, 15) is 14.4 Å². The first-order valence-electron chi connectivity index (χ1n) is 5.96. The molecule has 0 saturated carbocycles. The molecule has 1 saturated heterocycles. The van der Waals surface area contributed by atoms with Gasteiger partial charge in [-0.3, -0.25) is 14.4 Å². The first-order chi connectivity index (χ1) is 9.52. The molecule has 0 aromatic carbocycles. The van der Waals surface area contributed by atoms with Gasteiger partial charge in [-0.2, -0.15) is 0 Å². The number of carboxylic acids is 1. The first kappa shape index (κ1) is 14.3. The minimum Gasteiger partial charge on any atom is -0.496 e. The van der Waals surface area contributed by atoms with Crippen LogP contribution in [0.25, 0.3) is 0 Å². The maximum Gasteiger partial charge on any atom is 0.305 e. The second-order valence-electron chi connectivity index (χ2n) is 4.25. The van der Waals surface area contributed by atoms with Crippen LogP contribution in [0.3, 0.4) is 0 Å². The Hall–Kier alpha value is -2.09. The highest BCUT2D eigenvalue weighted by Crippen LogP contribution is 2.24. The fourth-order valence-corrected chi connectivity index (χ4v) is 2.82. The SMILES string of the molecule is COc1csc(C(=O)N2CCNC(=O)C2CC(=O)O)c1. The summed E-state index contributed by atoms with van der Waals surface area (Å²) >= 11 is 1.20. The number of ether oxygens (including phenoxy) is 1. The second kappa shape index (κ2) is 5.91. The van der Waals surface area contributed by atoms with Crippen molar-refractivity contribution in [3.8, 4) is 5.75 Å². The zero-order chi connectivity index (χ0) is 14.7. The van der Waals surface area contributed by atoms with Crippen molar-refractivity contribution in [3.63, 3.8) is 0 Å². The quantitative estimate of drug-likeness (QED) is 0.826. The van der Waals surface area contributed by atoms with Gasteiger partial charge in [0, 0.05) is 24.5 Å². The Kier molecular flexibility index (Phi) is 4.23. The summed E-state index contributed by atoms with van der Waals surface area (Å²) in [4.78, 5) is 36.7. The van der Waals surface area contributed by atoms with Gasteiger partial charge in [0.2, 0.25) is 5.91 Å². The lowest BCUT2D eigenvalue weighted by Gasteiger charge is -2.33. The van der Waals surface area contributed by atoms with Crippen molar-refractivity contribution in [1.29, 1.82) is 0 Å². The van der Waals surface area contributed by atoms with Gasteiger partial charge in [0.25, 0.3) is 5.91 Å². The molecule has 1 aliphatic heterocycles. The van der Waals surface area contributed by atoms with Crippen molar-refractivity contribution >= 4 is 29.1 Å². The predicted molar refractivity (Wildman–Crippen MR) is 71.0 cm³/mol. The van der Waals surface area contributed by atoms with Crippen molar-refractivity contribution in [1.82, 2.24) is 10.2 Å². The van der Waals surface area contributed by atoms with E-state index in [1.54, 1.807) is 11.4 Å². The molecule has 2 rings (SSSR count). The van der Waals surface area contributed by atoms with Gasteiger partial charge in [0.1, 0.15) is 11.8 Å². The molecule has 0 aliphatic carbocycles. The summed E-state index contributed by atoms with van der Waals surface area (Å²) in [5.41, 5.74) is 0. The minimum atomic E-state index is -1.12. The van der Waals surface area contributed by atoms with Gasteiger partial charge in [-0.05, 0) is 0 Å². The molecule has 1 atom stereocenters. The Morgan fingerprint density at radius 2 is 2.35 bits per heavy atom. The molecule has 1 aromatic heterocycles. The highest BCUT2D eigenvalue weighted by molar-refractivity contribution is 7.12. The molecule has 8 heteroatoms. The molecule has 0 spiro atoms. The van der Waals surface area contributed by atoms with Crippen molar-refractivity contribution in [2.75, 3.05) is 20.2 Å². The van der Waals surface area contributed by atoms with Crippen LogP contribution in [0.15, 0.2) is 11.4 Å². The maximum absolute atomic E-state index is 12.4. The molecule has 1 unspecified atom stereocenters. The fraction of sp³-hybridized carbons (Fsp3) is 0.417. The highest BCUT2D eigenvalue weighted by Gasteiger charge is 2.35. The third-order valence-corrected chi connectivity index (χ3v) is 3.88. The van der Waals surface area contributed by atoms with E-state index in [4.69, 9.17) is 9.84 Å². The van der Waals surface area contributed by atoms with Crippen molar-refractivity contribution in [3.05, 3.63) is 16.3 Å². The van der Waals surface area contributed by atoms with Gasteiger partial charge in [0.15, 0.2) is 0 Å². The van der Waals surface area contributed by atoms with Crippen LogP contribution in [-0.4, -0.2) is 54.0 Å². The number of piperazine rings is 1. The number of carbonyl (C=O) groups is 3. The number of aliphatic carboxylic acids is 1. The molecule has 108 valence electrons. The average Bonchev–Trinajstić information content (AvgIpc) is 2.88. The van der Waals surface area contributed by atoms with Gasteiger partial charge < -0.3 is 20.1 Å². The normalized spacial score (nSPS) is 18.6. The van der Waals surface area contributed by atoms with Gasteiger partial charge in [0.05, 0.1) is 18.4 Å². The summed E-state index contributed by atoms with van der Waals surface area (Å²) < 4.78 is 5.01. The van der Waals surface area contributed by atoms with Gasteiger partial charge >= 0.3 is 5.97 Å². The van der Waals surface area contributed by atoms with Crippen LogP contribution in [0.5, 0.6) is 5.75 Å². The van der Waals surface area contributed by atoms with Crippen molar-refractivity contribution < 1.29 is 24.2 Å². The topological polar surface area (TPSA) is 95.9 Å². The van der Waals surface area contributed by atoms with E-state index in [1.165, 1.54) is 23.3 Å². The molecule has 2 heterocycles. The molecule has 1 aromatic rings. The summed E-state index contributed by atoms with van der Waals surface area (Å²) in [6.07, 6.45) is -0.403. The lowest BCUT2D eigenvalue weighted by atomic mass is 10.1. The largest absolute Gasteiger partial charge is 0.496 e. The van der Waals surface area contributed by atoms with Crippen molar-refractivity contribution in [2.24, 2.45) is 0 Å². The molecule has 7 nitrogen and oxygen atoms in total. The standard InChI is InChI=1S/C12H14N2O5S/c1-19-7-4-9(20-6-7)12(18)14-3-2-13-11(17)8(14)5-10(15)16/h4,6,8H,2-3,5H2,1H3,(H,13,17)(H,15,16). The number of carbonyl (C=O) groups excluding carboxylic acids is 2. The second-order valence-corrected chi connectivity index (χ2v) is 5.17. The smallest absolute Gasteiger partial charge is 0.305 e. The molecule has 2 amide bonds. The minimum absolute atomic E-state index is 0.294. The Labute approximate surface area is 119 Å². The summed E-state index contributed by atoms with van der Waals surface area (Å²) in [6, 6.07) is 0.610. The van der Waals surface area contributed by atoms with Crippen LogP contribution in [-0.2, 0) is 9.59 Å². The molecule has 1 aliphatic rings. The average molecular weight is 298 g/mol. The third kappa shape index (κ3) is 2.90. The Morgan fingerprint density at radius 1 is 1.60 bits per heavy atom. The van der Waals surface area contributed by atoms with E-state index < -0.39 is 24.3 Å². The van der Waals surface area contributed by atoms with Crippen LogP contribution in [0.1, 0.15) is 16.1 Å². The number of nitrogens with zero attached hydrogens (tertiary/aromatic N) is 1. The van der Waals surface area contributed by atoms with Gasteiger partial charge in [-0.25, -0.2) is 0 Å². The number of methoxy groups -OCH3 is 1. The summed E-state index contributed by atoms with van der Waals surface area (Å²) in [6.45, 7) is 0.617. The lowest BCUT2D eigenvalue weighted by molar-refractivity contribution is -0.142. The number of amides is 2. The molecule has 0 bridgehead atoms. The molecular formula is C12H14N2O5S. The van der Waals surface area contributed by atoms with E-state index in [0.29, 0.717) is 23.7 Å². The number of rotatable bonds is 4. The number of hydrogen-bond donors (Lipinski definition) is 2. The first-order valence-corrected chi connectivity index (χ1v) is 6.84. The summed E-state index contributed by atoms with van der Waals surface area (Å²) in [5, 5.41) is 13.1. The number of hydrogen-bond acceptors (Lipinski definition) is 5. The van der Waals surface area contributed by atoms with Gasteiger partial charge in [-0.1, -0.05) is 0 Å². The molecule has 0 radical (unpaired) electrons. The zero-order valence-corrected chi connectivity index (χ0v) is 11.6. The fourth-order valence-electron chi connectivity index (χ4n) is 2.01. The Morgan fingerprint density at radius 3 is 2.95 bits per heavy atom. The van der Waals surface area contributed by atoms with E-state index >= 15 is 0 Å². The Balaban J connectivity index is 2.20. The molecular weight excluding hydrogens is 284 g/mol. The summed E-state index contributed by atoms with van der Waals surface area (Å²) in [7, 11) is 1.50. The zero-order valence-electron chi connectivity index (χ0n) is 10.8. The van der Waals surface area contributed by atoms with Gasteiger partial charge in [-0.15, -0.1) is 11.3 Å². The molecule has 2 N–H and O–H groups in total. The van der Waals surface area contributed by atoms with Crippen LogP contribution in [0, 0.1) is 0 Å². The Bertz CT molecular complexity index is 542. The van der Waals surface area contributed by atoms with E-state index in [0.717, 1.165) is 0 Å². The summed E-state index contributed by atoms with van der Waals surface area (Å²) in [5.74, 6) is -1.34. The van der Waals surface area contributed by atoms with Crippen LogP contribution < -0.4 is 10.1 Å². The number of carboxylic acid groups (broad SMARTS) is 1. The number of nitrogens with one attached hydrogen (secondary N) is 1. The van der Waals surface area contributed by atoms with Crippen molar-refractivity contribution in [2.45, 2.75) is 12.5 Å². The lowest BCUT2D eigenvalue weighted by Crippen LogP contribution is -2.57. The monoisotopic (exact) mass is 298 g/mol. The van der Waals surface area contributed by atoms with E-state index in [-0.39, 0.29) is 5.91 Å². The third-order valence-electron chi connectivity index (χ3n) is 2.98. The molecule has 20 heavy (non-hydrogen) atoms. The highest BCUT2D eigenvalue weighted by atomic mass is 32.1. The maximum atomic E-state index is 12.4. The van der Waals surface area contributed by atoms with Crippen LogP contribution >= 0.6 is 11.3 Å². The van der Waals surface area contributed by atoms with Crippen LogP contribution in [0.2, 0.25) is 0 Å². The van der Waals surface area contributed by atoms with E-state index in [2.05, 4.69) is 5.32 Å².